The molecule has 4 atom stereocenters. The highest BCUT2D eigenvalue weighted by Crippen LogP contribution is 2.43. The van der Waals surface area contributed by atoms with Crippen LogP contribution in [0.25, 0.3) is 11.0 Å². The highest BCUT2D eigenvalue weighted by molar-refractivity contribution is 6.74. The maximum Gasteiger partial charge on any atom is 0.192 e. The predicted octanol–water partition coefficient (Wildman–Crippen LogP) is 5.10. The number of hydrogen-bond acceptors (Lipinski definition) is 6. The molecule has 0 spiro atoms. The first-order valence-corrected chi connectivity index (χ1v) is 17.3. The summed E-state index contributed by atoms with van der Waals surface area (Å²) in [6.45, 7) is 22.4. The molecular weight excluding hydrogens is 438 g/mol. The average Bonchev–Trinajstić information content (AvgIpc) is 3.20. The van der Waals surface area contributed by atoms with E-state index in [1.807, 2.05) is 16.8 Å². The summed E-state index contributed by atoms with van der Waals surface area (Å²) >= 11 is 0. The van der Waals surface area contributed by atoms with Crippen LogP contribution in [0, 0.1) is 0 Å². The minimum Gasteiger partial charge on any atom is -0.414 e. The number of ether oxygens (including phenoxy) is 1. The third kappa shape index (κ3) is 4.88. The maximum atomic E-state index is 11.4. The molecule has 1 unspecified atom stereocenters. The number of nitrogens with zero attached hydrogens (tertiary/aromatic N) is 3. The van der Waals surface area contributed by atoms with Gasteiger partial charge in [-0.25, -0.2) is 9.97 Å². The molecule has 9 heteroatoms. The van der Waals surface area contributed by atoms with Gasteiger partial charge in [0, 0.05) is 17.8 Å². The molecule has 1 saturated heterocycles. The van der Waals surface area contributed by atoms with Gasteiger partial charge in [-0.05, 0) is 42.3 Å². The van der Waals surface area contributed by atoms with Crippen molar-refractivity contribution in [2.24, 2.45) is 0 Å². The Morgan fingerprint density at radius 3 is 2.28 bits per heavy atom. The zero-order valence-electron chi connectivity index (χ0n) is 21.3. The van der Waals surface area contributed by atoms with Crippen molar-refractivity contribution in [1.82, 2.24) is 14.5 Å². The number of aliphatic hydroxyl groups is 1. The van der Waals surface area contributed by atoms with Crippen molar-refractivity contribution in [3.05, 3.63) is 24.8 Å². The molecular formula is C23H41N3O4Si2. The van der Waals surface area contributed by atoms with Gasteiger partial charge in [0.05, 0.1) is 6.61 Å². The molecule has 0 aromatic carbocycles. The Bertz CT molecular complexity index is 933. The van der Waals surface area contributed by atoms with Crippen molar-refractivity contribution in [3.8, 4) is 0 Å². The minimum absolute atomic E-state index is 0.00786. The van der Waals surface area contributed by atoms with E-state index in [9.17, 15) is 5.11 Å². The summed E-state index contributed by atoms with van der Waals surface area (Å²) in [4.78, 5) is 8.57. The second kappa shape index (κ2) is 8.59. The average molecular weight is 480 g/mol. The second-order valence-corrected chi connectivity index (χ2v) is 21.6. The standard InChI is InChI=1S/C23H41N3O4Si2/c1-22(2,3)31(7,8)28-14-17-18(27)19(30-32(9,10)23(4,5)6)21(29-17)26-12-11-16-13-24-15-25-20(16)26/h11-13,15,17-19,21,27H,14H2,1-10H3/t17-,18-,19-,21?/m1/s1. The Kier molecular flexibility index (Phi) is 6.85. The SMILES string of the molecule is CC(C)(C)[Si](C)(C)OC[C@H]1OC(n2ccc3cncnc32)[C@H](O[Si](C)(C)C(C)(C)C)[C@@H]1O. The monoisotopic (exact) mass is 479 g/mol. The summed E-state index contributed by atoms with van der Waals surface area (Å²) in [7, 11) is -4.15. The maximum absolute atomic E-state index is 11.4. The lowest BCUT2D eigenvalue weighted by molar-refractivity contribution is -0.0473. The second-order valence-electron chi connectivity index (χ2n) is 12.0. The molecule has 180 valence electrons. The van der Waals surface area contributed by atoms with Crippen LogP contribution in [0.2, 0.25) is 36.3 Å². The van der Waals surface area contributed by atoms with Crippen LogP contribution in [-0.2, 0) is 13.6 Å². The molecule has 0 radical (unpaired) electrons. The fourth-order valence-electron chi connectivity index (χ4n) is 3.33. The topological polar surface area (TPSA) is 78.6 Å². The fraction of sp³-hybridized carbons (Fsp3) is 0.739. The number of aliphatic hydroxyl groups excluding tert-OH is 1. The molecule has 3 heterocycles. The van der Waals surface area contributed by atoms with Crippen LogP contribution in [0.3, 0.4) is 0 Å². The molecule has 0 aliphatic carbocycles. The summed E-state index contributed by atoms with van der Waals surface area (Å²) in [5.41, 5.74) is 0.770. The Labute approximate surface area is 194 Å². The van der Waals surface area contributed by atoms with Crippen molar-refractivity contribution in [1.29, 1.82) is 0 Å². The largest absolute Gasteiger partial charge is 0.414 e. The Morgan fingerprint density at radius 1 is 1.06 bits per heavy atom. The summed E-state index contributed by atoms with van der Waals surface area (Å²) in [6, 6.07) is 1.97. The molecule has 0 saturated carbocycles. The predicted molar refractivity (Wildman–Crippen MR) is 133 cm³/mol. The first-order valence-electron chi connectivity index (χ1n) is 11.5. The molecule has 3 rings (SSSR count). The van der Waals surface area contributed by atoms with Gasteiger partial charge < -0.3 is 23.3 Å². The molecule has 1 aliphatic rings. The molecule has 2 aromatic heterocycles. The zero-order chi connectivity index (χ0) is 24.1. The van der Waals surface area contributed by atoms with Gasteiger partial charge in [-0.3, -0.25) is 0 Å². The van der Waals surface area contributed by atoms with E-state index in [0.717, 1.165) is 11.0 Å². The highest BCUT2D eigenvalue weighted by Gasteiger charge is 2.51. The molecule has 7 nitrogen and oxygen atoms in total. The Hall–Kier alpha value is -1.11. The van der Waals surface area contributed by atoms with Crippen molar-refractivity contribution < 1.29 is 18.7 Å². The third-order valence-corrected chi connectivity index (χ3v) is 16.6. The van der Waals surface area contributed by atoms with Gasteiger partial charge in [-0.2, -0.15) is 0 Å². The van der Waals surface area contributed by atoms with Gasteiger partial charge in [0.2, 0.25) is 0 Å². The quantitative estimate of drug-likeness (QED) is 0.581. The first-order chi connectivity index (χ1) is 14.6. The summed E-state index contributed by atoms with van der Waals surface area (Å²) < 4.78 is 21.6. The van der Waals surface area contributed by atoms with Crippen LogP contribution in [-0.4, -0.2) is 61.2 Å². The molecule has 0 amide bonds. The molecule has 1 aliphatic heterocycles. The van der Waals surface area contributed by atoms with E-state index in [-0.39, 0.29) is 10.1 Å². The number of fused-ring (bicyclic) bond motifs is 1. The van der Waals surface area contributed by atoms with E-state index >= 15 is 0 Å². The van der Waals surface area contributed by atoms with Crippen molar-refractivity contribution >= 4 is 27.7 Å². The van der Waals surface area contributed by atoms with Gasteiger partial charge in [-0.1, -0.05) is 41.5 Å². The van der Waals surface area contributed by atoms with Crippen LogP contribution in [0.1, 0.15) is 47.8 Å². The highest BCUT2D eigenvalue weighted by atomic mass is 28.4. The van der Waals surface area contributed by atoms with Gasteiger partial charge in [0.1, 0.15) is 30.3 Å². The zero-order valence-corrected chi connectivity index (χ0v) is 23.3. The van der Waals surface area contributed by atoms with Crippen LogP contribution in [0.15, 0.2) is 24.8 Å². The lowest BCUT2D eigenvalue weighted by Crippen LogP contribution is -2.49. The van der Waals surface area contributed by atoms with Gasteiger partial charge in [0.25, 0.3) is 0 Å². The van der Waals surface area contributed by atoms with Crippen LogP contribution in [0.4, 0.5) is 0 Å². The third-order valence-electron chi connectivity index (χ3n) is 7.62. The summed E-state index contributed by atoms with van der Waals surface area (Å²) in [5, 5.41) is 12.4. The molecule has 32 heavy (non-hydrogen) atoms. The Balaban J connectivity index is 1.92. The smallest absolute Gasteiger partial charge is 0.192 e. The molecule has 0 bridgehead atoms. The van der Waals surface area contributed by atoms with Gasteiger partial charge in [-0.15, -0.1) is 0 Å². The van der Waals surface area contributed by atoms with Crippen molar-refractivity contribution in [2.45, 2.75) is 102 Å². The first kappa shape index (κ1) is 25.5. The van der Waals surface area contributed by atoms with E-state index < -0.39 is 41.2 Å². The van der Waals surface area contributed by atoms with Gasteiger partial charge in [0.15, 0.2) is 22.9 Å². The van der Waals surface area contributed by atoms with E-state index in [0.29, 0.717) is 6.61 Å². The minimum atomic E-state index is -2.17. The lowest BCUT2D eigenvalue weighted by atomic mass is 10.1. The number of aromatic nitrogens is 3. The van der Waals surface area contributed by atoms with E-state index in [4.69, 9.17) is 13.6 Å². The van der Waals surface area contributed by atoms with Crippen LogP contribution < -0.4 is 0 Å². The van der Waals surface area contributed by atoms with Crippen molar-refractivity contribution in [2.75, 3.05) is 6.61 Å². The van der Waals surface area contributed by atoms with Crippen molar-refractivity contribution in [3.63, 3.8) is 0 Å². The normalized spacial score (nSPS) is 25.6. The van der Waals surface area contributed by atoms with Crippen LogP contribution >= 0.6 is 0 Å². The molecule has 2 aromatic rings. The number of hydrogen-bond donors (Lipinski definition) is 1. The summed E-state index contributed by atoms with van der Waals surface area (Å²) in [6.07, 6.45) is 3.00. The fourth-order valence-corrected chi connectivity index (χ4v) is 5.64. The molecule has 1 fully saturated rings. The van der Waals surface area contributed by atoms with E-state index in [1.54, 1.807) is 6.20 Å². The number of rotatable bonds is 6. The Morgan fingerprint density at radius 2 is 1.69 bits per heavy atom. The van der Waals surface area contributed by atoms with E-state index in [2.05, 4.69) is 77.7 Å². The van der Waals surface area contributed by atoms with E-state index in [1.165, 1.54) is 6.33 Å². The lowest BCUT2D eigenvalue weighted by Gasteiger charge is -2.40. The van der Waals surface area contributed by atoms with Crippen LogP contribution in [0.5, 0.6) is 0 Å². The van der Waals surface area contributed by atoms with Gasteiger partial charge >= 0.3 is 0 Å². The summed E-state index contributed by atoms with van der Waals surface area (Å²) in [5.74, 6) is 0. The molecule has 1 N–H and O–H groups in total.